The molecule has 0 fully saturated rings. The van der Waals surface area contributed by atoms with Crippen molar-refractivity contribution in [3.63, 3.8) is 0 Å². The molecule has 3 nitrogen and oxygen atoms in total. The number of halogens is 1. The molecule has 0 unspecified atom stereocenters. The summed E-state index contributed by atoms with van der Waals surface area (Å²) < 4.78 is 1.06. The van der Waals surface area contributed by atoms with E-state index < -0.39 is 0 Å². The SMILES string of the molecule is O=C1CCc2cc(-c3csc(-c4ccc(Br)cc4)n3)ccc2N1. The van der Waals surface area contributed by atoms with Crippen molar-refractivity contribution in [3.8, 4) is 21.8 Å². The lowest BCUT2D eigenvalue weighted by atomic mass is 9.99. The van der Waals surface area contributed by atoms with Crippen LogP contribution in [-0.2, 0) is 11.2 Å². The van der Waals surface area contributed by atoms with Gasteiger partial charge in [0.05, 0.1) is 5.69 Å². The molecule has 0 spiro atoms. The van der Waals surface area contributed by atoms with Crippen molar-refractivity contribution in [1.29, 1.82) is 0 Å². The summed E-state index contributed by atoms with van der Waals surface area (Å²) in [6.45, 7) is 0. The van der Waals surface area contributed by atoms with Crippen molar-refractivity contribution >= 4 is 38.9 Å². The van der Waals surface area contributed by atoms with E-state index in [0.29, 0.717) is 6.42 Å². The highest BCUT2D eigenvalue weighted by Gasteiger charge is 2.16. The van der Waals surface area contributed by atoms with Crippen LogP contribution >= 0.6 is 27.3 Å². The van der Waals surface area contributed by atoms with Crippen molar-refractivity contribution < 1.29 is 4.79 Å². The maximum atomic E-state index is 11.4. The zero-order valence-electron chi connectivity index (χ0n) is 12.2. The second-order valence-corrected chi connectivity index (χ2v) is 7.24. The van der Waals surface area contributed by atoms with Crippen molar-refractivity contribution in [1.82, 2.24) is 4.98 Å². The Kier molecular flexibility index (Phi) is 3.75. The van der Waals surface area contributed by atoms with Gasteiger partial charge in [0.1, 0.15) is 5.01 Å². The summed E-state index contributed by atoms with van der Waals surface area (Å²) in [6.07, 6.45) is 1.34. The molecule has 2 aromatic carbocycles. The maximum Gasteiger partial charge on any atom is 0.224 e. The van der Waals surface area contributed by atoms with E-state index in [9.17, 15) is 4.79 Å². The van der Waals surface area contributed by atoms with Crippen molar-refractivity contribution in [2.75, 3.05) is 5.32 Å². The van der Waals surface area contributed by atoms with Crippen molar-refractivity contribution in [2.45, 2.75) is 12.8 Å². The van der Waals surface area contributed by atoms with Gasteiger partial charge in [-0.15, -0.1) is 11.3 Å². The van der Waals surface area contributed by atoms with Gasteiger partial charge in [-0.1, -0.05) is 34.1 Å². The lowest BCUT2D eigenvalue weighted by Gasteiger charge is -2.17. The first-order valence-electron chi connectivity index (χ1n) is 7.34. The van der Waals surface area contributed by atoms with Gasteiger partial charge in [-0.2, -0.15) is 0 Å². The third-order valence-electron chi connectivity index (χ3n) is 3.89. The molecule has 23 heavy (non-hydrogen) atoms. The second-order valence-electron chi connectivity index (χ2n) is 5.46. The van der Waals surface area contributed by atoms with Crippen LogP contribution in [0.4, 0.5) is 5.69 Å². The Morgan fingerprint density at radius 2 is 1.83 bits per heavy atom. The van der Waals surface area contributed by atoms with E-state index >= 15 is 0 Å². The standard InChI is InChI=1S/C18H13BrN2OS/c19-14-5-1-11(2-6-14)18-21-16(10-23-18)13-3-7-15-12(9-13)4-8-17(22)20-15/h1-3,5-7,9-10H,4,8H2,(H,20,22). The number of nitrogens with one attached hydrogen (secondary N) is 1. The highest BCUT2D eigenvalue weighted by atomic mass is 79.9. The summed E-state index contributed by atoms with van der Waals surface area (Å²) >= 11 is 5.10. The number of hydrogen-bond donors (Lipinski definition) is 1. The zero-order valence-corrected chi connectivity index (χ0v) is 14.6. The third kappa shape index (κ3) is 2.94. The number of carbonyl (C=O) groups excluding carboxylic acids is 1. The first-order chi connectivity index (χ1) is 11.2. The minimum atomic E-state index is 0.0939. The minimum absolute atomic E-state index is 0.0939. The number of thiazole rings is 1. The fraction of sp³-hybridized carbons (Fsp3) is 0.111. The van der Waals surface area contributed by atoms with Gasteiger partial charge in [0.15, 0.2) is 0 Å². The zero-order chi connectivity index (χ0) is 15.8. The van der Waals surface area contributed by atoms with Gasteiger partial charge in [0, 0.05) is 33.1 Å². The number of carbonyl (C=O) groups is 1. The number of nitrogens with zero attached hydrogens (tertiary/aromatic N) is 1. The van der Waals surface area contributed by atoms with Gasteiger partial charge in [0.25, 0.3) is 0 Å². The van der Waals surface area contributed by atoms with Crippen LogP contribution < -0.4 is 5.32 Å². The number of amides is 1. The van der Waals surface area contributed by atoms with E-state index in [2.05, 4.69) is 44.8 Å². The number of benzene rings is 2. The number of anilines is 1. The van der Waals surface area contributed by atoms with Crippen LogP contribution in [0, 0.1) is 0 Å². The minimum Gasteiger partial charge on any atom is -0.326 e. The fourth-order valence-corrected chi connectivity index (χ4v) is 3.77. The van der Waals surface area contributed by atoms with Gasteiger partial charge < -0.3 is 5.32 Å². The highest BCUT2D eigenvalue weighted by molar-refractivity contribution is 9.10. The summed E-state index contributed by atoms with van der Waals surface area (Å²) in [5.74, 6) is 0.0939. The molecule has 4 rings (SSSR count). The average Bonchev–Trinajstić information content (AvgIpc) is 3.05. The van der Waals surface area contributed by atoms with Crippen LogP contribution in [0.1, 0.15) is 12.0 Å². The molecular weight excluding hydrogens is 372 g/mol. The molecule has 114 valence electrons. The predicted octanol–water partition coefficient (Wildman–Crippen LogP) is 5.12. The van der Waals surface area contributed by atoms with Crippen molar-refractivity contribution in [3.05, 3.63) is 57.9 Å². The molecular formula is C18H13BrN2OS. The van der Waals surface area contributed by atoms with E-state index in [1.807, 2.05) is 24.3 Å². The molecule has 1 N–H and O–H groups in total. The molecule has 3 aromatic rings. The predicted molar refractivity (Wildman–Crippen MR) is 97.6 cm³/mol. The first-order valence-corrected chi connectivity index (χ1v) is 9.01. The Morgan fingerprint density at radius 1 is 1.04 bits per heavy atom. The molecule has 1 amide bonds. The van der Waals surface area contributed by atoms with Crippen LogP contribution in [0.25, 0.3) is 21.8 Å². The maximum absolute atomic E-state index is 11.4. The number of aromatic nitrogens is 1. The summed E-state index contributed by atoms with van der Waals surface area (Å²) in [7, 11) is 0. The lowest BCUT2D eigenvalue weighted by Crippen LogP contribution is -2.18. The smallest absolute Gasteiger partial charge is 0.224 e. The number of rotatable bonds is 2. The normalized spacial score (nSPS) is 13.5. The lowest BCUT2D eigenvalue weighted by molar-refractivity contribution is -0.116. The van der Waals surface area contributed by atoms with E-state index in [-0.39, 0.29) is 5.91 Å². The van der Waals surface area contributed by atoms with Gasteiger partial charge in [-0.25, -0.2) is 4.98 Å². The molecule has 0 aliphatic carbocycles. The Hall–Kier alpha value is -1.98. The first kappa shape index (κ1) is 14.6. The summed E-state index contributed by atoms with van der Waals surface area (Å²) in [6, 6.07) is 14.3. The van der Waals surface area contributed by atoms with Gasteiger partial charge in [0.2, 0.25) is 5.91 Å². The van der Waals surface area contributed by atoms with Crippen LogP contribution in [0.2, 0.25) is 0 Å². The van der Waals surface area contributed by atoms with Gasteiger partial charge in [-0.05, 0) is 36.2 Å². The van der Waals surface area contributed by atoms with E-state index in [0.717, 1.165) is 38.4 Å². The summed E-state index contributed by atoms with van der Waals surface area (Å²) in [4.78, 5) is 16.2. The quantitative estimate of drug-likeness (QED) is 0.665. The molecule has 0 radical (unpaired) electrons. The molecule has 1 aliphatic heterocycles. The molecule has 1 aromatic heterocycles. The van der Waals surface area contributed by atoms with E-state index in [1.54, 1.807) is 11.3 Å². The van der Waals surface area contributed by atoms with Crippen LogP contribution in [-0.4, -0.2) is 10.9 Å². The molecule has 0 atom stereocenters. The summed E-state index contributed by atoms with van der Waals surface area (Å²) in [5.41, 5.74) is 5.30. The molecule has 1 aliphatic rings. The third-order valence-corrected chi connectivity index (χ3v) is 5.31. The Morgan fingerprint density at radius 3 is 2.65 bits per heavy atom. The molecule has 0 bridgehead atoms. The Labute approximate surface area is 146 Å². The Bertz CT molecular complexity index is 886. The van der Waals surface area contributed by atoms with E-state index in [4.69, 9.17) is 4.98 Å². The van der Waals surface area contributed by atoms with Crippen LogP contribution in [0.15, 0.2) is 52.3 Å². The molecule has 0 saturated heterocycles. The second kappa shape index (κ2) is 5.91. The molecule has 2 heterocycles. The number of hydrogen-bond acceptors (Lipinski definition) is 3. The number of fused-ring (bicyclic) bond motifs is 1. The molecule has 5 heteroatoms. The molecule has 0 saturated carbocycles. The van der Waals surface area contributed by atoms with Crippen LogP contribution in [0.5, 0.6) is 0 Å². The van der Waals surface area contributed by atoms with Crippen LogP contribution in [0.3, 0.4) is 0 Å². The van der Waals surface area contributed by atoms with Crippen molar-refractivity contribution in [2.24, 2.45) is 0 Å². The van der Waals surface area contributed by atoms with Gasteiger partial charge >= 0.3 is 0 Å². The Balaban J connectivity index is 1.66. The topological polar surface area (TPSA) is 42.0 Å². The van der Waals surface area contributed by atoms with E-state index in [1.165, 1.54) is 5.56 Å². The fourth-order valence-electron chi connectivity index (χ4n) is 2.67. The average molecular weight is 385 g/mol. The highest BCUT2D eigenvalue weighted by Crippen LogP contribution is 2.32. The van der Waals surface area contributed by atoms with Gasteiger partial charge in [-0.3, -0.25) is 4.79 Å². The largest absolute Gasteiger partial charge is 0.326 e. The monoisotopic (exact) mass is 384 g/mol. The number of aryl methyl sites for hydroxylation is 1. The summed E-state index contributed by atoms with van der Waals surface area (Å²) in [5, 5.41) is 6.01.